The van der Waals surface area contributed by atoms with Crippen LogP contribution >= 0.6 is 0 Å². The Hall–Kier alpha value is -1.51. The van der Waals surface area contributed by atoms with Crippen molar-refractivity contribution in [2.75, 3.05) is 23.3 Å². The van der Waals surface area contributed by atoms with Gasteiger partial charge in [0.2, 0.25) is 5.91 Å². The minimum atomic E-state index is 0.205. The van der Waals surface area contributed by atoms with Crippen molar-refractivity contribution in [3.63, 3.8) is 0 Å². The van der Waals surface area contributed by atoms with Gasteiger partial charge in [-0.15, -0.1) is 0 Å². The number of rotatable bonds is 3. The van der Waals surface area contributed by atoms with Gasteiger partial charge >= 0.3 is 0 Å². The third-order valence-corrected chi connectivity index (χ3v) is 4.31. The van der Waals surface area contributed by atoms with Crippen LogP contribution in [0.1, 0.15) is 38.5 Å². The summed E-state index contributed by atoms with van der Waals surface area (Å²) >= 11 is 0. The third kappa shape index (κ3) is 2.91. The van der Waals surface area contributed by atoms with Gasteiger partial charge in [-0.3, -0.25) is 4.79 Å². The maximum Gasteiger partial charge on any atom is 0.227 e. The molecule has 0 atom stereocenters. The Morgan fingerprint density at radius 3 is 2.58 bits per heavy atom. The summed E-state index contributed by atoms with van der Waals surface area (Å²) in [6.45, 7) is 2.28. The Morgan fingerprint density at radius 2 is 1.84 bits per heavy atom. The lowest BCUT2D eigenvalue weighted by atomic mass is 10.1. The van der Waals surface area contributed by atoms with Crippen LogP contribution in [0.2, 0.25) is 0 Å². The summed E-state index contributed by atoms with van der Waals surface area (Å²) in [5, 5.41) is 3.08. The fraction of sp³-hybridized carbons (Fsp3) is 0.562. The van der Waals surface area contributed by atoms with E-state index < -0.39 is 0 Å². The fourth-order valence-corrected chi connectivity index (χ4v) is 3.19. The SMILES string of the molecule is O=C(Nc1cccc(N2CCCC2)c1)C1CCCC1. The second kappa shape index (κ2) is 5.64. The molecule has 3 heteroatoms. The third-order valence-electron chi connectivity index (χ3n) is 4.31. The highest BCUT2D eigenvalue weighted by Crippen LogP contribution is 2.27. The Morgan fingerprint density at radius 1 is 1.11 bits per heavy atom. The van der Waals surface area contributed by atoms with Crippen molar-refractivity contribution in [1.82, 2.24) is 0 Å². The zero-order chi connectivity index (χ0) is 13.1. The minimum absolute atomic E-state index is 0.205. The average molecular weight is 258 g/mol. The lowest BCUT2D eigenvalue weighted by molar-refractivity contribution is -0.119. The monoisotopic (exact) mass is 258 g/mol. The van der Waals surface area contributed by atoms with Crippen LogP contribution in [0.15, 0.2) is 24.3 Å². The Balaban J connectivity index is 1.66. The second-order valence-electron chi connectivity index (χ2n) is 5.72. The van der Waals surface area contributed by atoms with Gasteiger partial charge in [0, 0.05) is 30.4 Å². The molecule has 1 aliphatic heterocycles. The molecular weight excluding hydrogens is 236 g/mol. The molecule has 1 amide bonds. The molecule has 1 saturated heterocycles. The molecule has 1 N–H and O–H groups in total. The van der Waals surface area contributed by atoms with Crippen molar-refractivity contribution in [2.24, 2.45) is 5.92 Å². The summed E-state index contributed by atoms with van der Waals surface area (Å²) in [6, 6.07) is 8.28. The maximum absolute atomic E-state index is 12.1. The van der Waals surface area contributed by atoms with Gasteiger partial charge in [0.05, 0.1) is 0 Å². The molecule has 1 aromatic carbocycles. The van der Waals surface area contributed by atoms with Crippen molar-refractivity contribution in [2.45, 2.75) is 38.5 Å². The lowest BCUT2D eigenvalue weighted by Crippen LogP contribution is -2.21. The van der Waals surface area contributed by atoms with E-state index >= 15 is 0 Å². The van der Waals surface area contributed by atoms with E-state index in [1.807, 2.05) is 12.1 Å². The van der Waals surface area contributed by atoms with Crippen molar-refractivity contribution in [3.05, 3.63) is 24.3 Å². The second-order valence-corrected chi connectivity index (χ2v) is 5.72. The molecule has 1 saturated carbocycles. The Bertz CT molecular complexity index is 446. The van der Waals surface area contributed by atoms with Crippen LogP contribution in [0.4, 0.5) is 11.4 Å². The van der Waals surface area contributed by atoms with E-state index in [1.165, 1.54) is 31.4 Å². The van der Waals surface area contributed by atoms with Crippen molar-refractivity contribution in [3.8, 4) is 0 Å². The summed E-state index contributed by atoms with van der Waals surface area (Å²) in [5.74, 6) is 0.437. The molecule has 0 radical (unpaired) electrons. The number of benzene rings is 1. The van der Waals surface area contributed by atoms with E-state index in [2.05, 4.69) is 22.3 Å². The maximum atomic E-state index is 12.1. The predicted molar refractivity (Wildman–Crippen MR) is 78.5 cm³/mol. The normalized spacial score (nSPS) is 19.9. The van der Waals surface area contributed by atoms with Gasteiger partial charge in [-0.05, 0) is 43.9 Å². The summed E-state index contributed by atoms with van der Waals surface area (Å²) in [4.78, 5) is 14.5. The molecule has 1 aliphatic carbocycles. The zero-order valence-electron chi connectivity index (χ0n) is 11.4. The first kappa shape index (κ1) is 12.5. The molecule has 19 heavy (non-hydrogen) atoms. The average Bonchev–Trinajstić information content (AvgIpc) is 3.13. The molecule has 102 valence electrons. The van der Waals surface area contributed by atoms with Crippen molar-refractivity contribution in [1.29, 1.82) is 0 Å². The van der Waals surface area contributed by atoms with Crippen LogP contribution in [-0.4, -0.2) is 19.0 Å². The van der Waals surface area contributed by atoms with Gasteiger partial charge in [0.1, 0.15) is 0 Å². The summed E-state index contributed by atoms with van der Waals surface area (Å²) in [6.07, 6.45) is 7.06. The van der Waals surface area contributed by atoms with Crippen LogP contribution in [0.25, 0.3) is 0 Å². The van der Waals surface area contributed by atoms with Gasteiger partial charge in [0.25, 0.3) is 0 Å². The van der Waals surface area contributed by atoms with Crippen LogP contribution < -0.4 is 10.2 Å². The van der Waals surface area contributed by atoms with E-state index in [0.29, 0.717) is 0 Å². The zero-order valence-corrected chi connectivity index (χ0v) is 11.4. The molecule has 2 aliphatic rings. The topological polar surface area (TPSA) is 32.3 Å². The number of amides is 1. The van der Waals surface area contributed by atoms with Crippen molar-refractivity contribution >= 4 is 17.3 Å². The number of carbonyl (C=O) groups excluding carboxylic acids is 1. The van der Waals surface area contributed by atoms with E-state index in [0.717, 1.165) is 31.6 Å². The quantitative estimate of drug-likeness (QED) is 0.901. The number of anilines is 2. The van der Waals surface area contributed by atoms with E-state index in [-0.39, 0.29) is 11.8 Å². The summed E-state index contributed by atoms with van der Waals surface area (Å²) < 4.78 is 0. The van der Waals surface area contributed by atoms with Gasteiger partial charge in [-0.25, -0.2) is 0 Å². The molecule has 0 unspecified atom stereocenters. The number of carbonyl (C=O) groups is 1. The first-order valence-electron chi connectivity index (χ1n) is 7.49. The predicted octanol–water partition coefficient (Wildman–Crippen LogP) is 3.42. The smallest absolute Gasteiger partial charge is 0.227 e. The summed E-state index contributed by atoms with van der Waals surface area (Å²) in [5.41, 5.74) is 2.18. The number of hydrogen-bond acceptors (Lipinski definition) is 2. The molecule has 3 nitrogen and oxygen atoms in total. The molecule has 2 fully saturated rings. The van der Waals surface area contributed by atoms with Crippen molar-refractivity contribution < 1.29 is 4.79 Å². The number of hydrogen-bond donors (Lipinski definition) is 1. The van der Waals surface area contributed by atoms with Crippen LogP contribution in [0.3, 0.4) is 0 Å². The number of nitrogens with one attached hydrogen (secondary N) is 1. The standard InChI is InChI=1S/C16H22N2O/c19-16(13-6-1-2-7-13)17-14-8-5-9-15(12-14)18-10-3-4-11-18/h5,8-9,12-13H,1-4,6-7,10-11H2,(H,17,19). The Kier molecular flexibility index (Phi) is 3.72. The highest BCUT2D eigenvalue weighted by molar-refractivity contribution is 5.93. The highest BCUT2D eigenvalue weighted by Gasteiger charge is 2.22. The molecule has 1 aromatic rings. The van der Waals surface area contributed by atoms with Crippen LogP contribution in [0, 0.1) is 5.92 Å². The first-order valence-corrected chi connectivity index (χ1v) is 7.49. The van der Waals surface area contributed by atoms with E-state index in [1.54, 1.807) is 0 Å². The molecule has 3 rings (SSSR count). The van der Waals surface area contributed by atoms with Gasteiger partial charge in [-0.1, -0.05) is 18.9 Å². The van der Waals surface area contributed by atoms with Crippen LogP contribution in [0.5, 0.6) is 0 Å². The molecule has 0 bridgehead atoms. The van der Waals surface area contributed by atoms with Gasteiger partial charge < -0.3 is 10.2 Å². The lowest BCUT2D eigenvalue weighted by Gasteiger charge is -2.19. The van der Waals surface area contributed by atoms with E-state index in [4.69, 9.17) is 0 Å². The van der Waals surface area contributed by atoms with Gasteiger partial charge in [-0.2, -0.15) is 0 Å². The minimum Gasteiger partial charge on any atom is -0.371 e. The highest BCUT2D eigenvalue weighted by atomic mass is 16.1. The van der Waals surface area contributed by atoms with Gasteiger partial charge in [0.15, 0.2) is 0 Å². The number of nitrogens with zero attached hydrogens (tertiary/aromatic N) is 1. The fourth-order valence-electron chi connectivity index (χ4n) is 3.19. The first-order chi connectivity index (χ1) is 9.33. The molecule has 0 aromatic heterocycles. The molecular formula is C16H22N2O. The summed E-state index contributed by atoms with van der Waals surface area (Å²) in [7, 11) is 0. The Labute approximate surface area is 115 Å². The molecule has 0 spiro atoms. The van der Waals surface area contributed by atoms with E-state index in [9.17, 15) is 4.79 Å². The van der Waals surface area contributed by atoms with Crippen LogP contribution in [-0.2, 0) is 4.79 Å². The largest absolute Gasteiger partial charge is 0.371 e. The molecule has 1 heterocycles.